The number of hydrogen-bond donors (Lipinski definition) is 0. The van der Waals surface area contributed by atoms with Crippen LogP contribution in [0.3, 0.4) is 0 Å². The first-order valence-electron chi connectivity index (χ1n) is 4.04. The second-order valence-corrected chi connectivity index (χ2v) is 4.48. The minimum absolute atomic E-state index is 1.05. The largest absolute Gasteiger partial charge is 0.263 e. The highest BCUT2D eigenvalue weighted by Crippen LogP contribution is 2.34. The summed E-state index contributed by atoms with van der Waals surface area (Å²) in [5.41, 5.74) is 2.16. The lowest BCUT2D eigenvalue weighted by atomic mass is 10.1. The highest BCUT2D eigenvalue weighted by molar-refractivity contribution is 9.11. The Morgan fingerprint density at radius 2 is 1.86 bits per heavy atom. The van der Waals surface area contributed by atoms with Crippen molar-refractivity contribution in [2.24, 2.45) is 0 Å². The van der Waals surface area contributed by atoms with E-state index in [4.69, 9.17) is 0 Å². The molecule has 0 saturated carbocycles. The lowest BCUT2D eigenvalue weighted by molar-refractivity contribution is 1.32. The monoisotopic (exact) mass is 310 g/mol. The van der Waals surface area contributed by atoms with Crippen LogP contribution in [0.25, 0.3) is 11.1 Å². The van der Waals surface area contributed by atoms with Crippen LogP contribution in [0.2, 0.25) is 0 Å². The molecule has 69 valence electrons. The van der Waals surface area contributed by atoms with E-state index in [0.717, 1.165) is 20.1 Å². The van der Waals surface area contributed by atoms with E-state index in [0.29, 0.717) is 0 Å². The molecule has 0 N–H and O–H groups in total. The van der Waals surface area contributed by atoms with Crippen LogP contribution in [-0.2, 0) is 0 Å². The first kappa shape index (κ1) is 9.87. The molecular weight excluding hydrogens is 306 g/mol. The molecule has 0 spiro atoms. The molecule has 1 radical (unpaired) electrons. The molecule has 0 aliphatic carbocycles. The number of aromatic nitrogens is 1. The van der Waals surface area contributed by atoms with Crippen molar-refractivity contribution in [1.29, 1.82) is 0 Å². The highest BCUT2D eigenvalue weighted by atomic mass is 79.9. The van der Waals surface area contributed by atoms with Crippen molar-refractivity contribution in [3.63, 3.8) is 0 Å². The maximum atomic E-state index is 4.05. The topological polar surface area (TPSA) is 12.9 Å². The molecule has 0 aliphatic heterocycles. The molecule has 0 unspecified atom stereocenters. The smallest absolute Gasteiger partial charge is 0.0347 e. The SMILES string of the molecule is Brc1cccc(Br)c1-c1c[c]cnc1. The van der Waals surface area contributed by atoms with E-state index in [9.17, 15) is 0 Å². The molecule has 1 nitrogen and oxygen atoms in total. The van der Waals surface area contributed by atoms with Gasteiger partial charge in [0.15, 0.2) is 0 Å². The van der Waals surface area contributed by atoms with Gasteiger partial charge in [0, 0.05) is 38.5 Å². The maximum absolute atomic E-state index is 4.05. The first-order chi connectivity index (χ1) is 6.79. The van der Waals surface area contributed by atoms with E-state index in [2.05, 4.69) is 42.9 Å². The quantitative estimate of drug-likeness (QED) is 0.773. The predicted octanol–water partition coefficient (Wildman–Crippen LogP) is 4.07. The minimum atomic E-state index is 1.05. The molecule has 1 heterocycles. The van der Waals surface area contributed by atoms with Crippen molar-refractivity contribution in [1.82, 2.24) is 4.98 Å². The van der Waals surface area contributed by atoms with Gasteiger partial charge in [-0.15, -0.1) is 0 Å². The van der Waals surface area contributed by atoms with Crippen molar-refractivity contribution in [3.8, 4) is 11.1 Å². The lowest BCUT2D eigenvalue weighted by Gasteiger charge is -2.05. The van der Waals surface area contributed by atoms with Crippen molar-refractivity contribution < 1.29 is 0 Å². The molecule has 0 atom stereocenters. The Labute approximate surface area is 99.4 Å². The zero-order valence-corrected chi connectivity index (χ0v) is 10.3. The molecule has 2 rings (SSSR count). The fraction of sp³-hybridized carbons (Fsp3) is 0. The zero-order chi connectivity index (χ0) is 9.97. The van der Waals surface area contributed by atoms with Gasteiger partial charge < -0.3 is 0 Å². The standard InChI is InChI=1S/C11H6Br2N/c12-9-4-1-5-10(13)11(9)8-3-2-6-14-7-8/h1,3-7H. The highest BCUT2D eigenvalue weighted by Gasteiger charge is 2.06. The molecule has 2 aromatic rings. The van der Waals surface area contributed by atoms with E-state index in [1.165, 1.54) is 0 Å². The van der Waals surface area contributed by atoms with Crippen LogP contribution in [0, 0.1) is 6.07 Å². The van der Waals surface area contributed by atoms with Crippen molar-refractivity contribution in [3.05, 3.63) is 51.7 Å². The van der Waals surface area contributed by atoms with Crippen LogP contribution in [-0.4, -0.2) is 4.98 Å². The molecule has 1 aromatic heterocycles. The average Bonchev–Trinajstić information content (AvgIpc) is 2.19. The minimum Gasteiger partial charge on any atom is -0.263 e. The molecule has 0 amide bonds. The van der Waals surface area contributed by atoms with Gasteiger partial charge in [-0.1, -0.05) is 37.9 Å². The fourth-order valence-corrected chi connectivity index (χ4v) is 2.69. The van der Waals surface area contributed by atoms with Gasteiger partial charge in [0.05, 0.1) is 0 Å². The molecule has 0 bridgehead atoms. The summed E-state index contributed by atoms with van der Waals surface area (Å²) < 4.78 is 2.10. The summed E-state index contributed by atoms with van der Waals surface area (Å²) >= 11 is 7.02. The van der Waals surface area contributed by atoms with Crippen LogP contribution in [0.5, 0.6) is 0 Å². The third kappa shape index (κ3) is 1.88. The Kier molecular flexibility index (Phi) is 2.99. The molecule has 0 fully saturated rings. The Bertz CT molecular complexity index is 420. The third-order valence-electron chi connectivity index (χ3n) is 1.85. The van der Waals surface area contributed by atoms with Gasteiger partial charge in [0.25, 0.3) is 0 Å². The summed E-state index contributed by atoms with van der Waals surface area (Å²) in [7, 11) is 0. The van der Waals surface area contributed by atoms with E-state index in [-0.39, 0.29) is 0 Å². The van der Waals surface area contributed by atoms with Gasteiger partial charge in [0.1, 0.15) is 0 Å². The van der Waals surface area contributed by atoms with E-state index in [1.54, 1.807) is 6.20 Å². The summed E-state index contributed by atoms with van der Waals surface area (Å²) in [6.45, 7) is 0. The normalized spacial score (nSPS) is 10.1. The van der Waals surface area contributed by atoms with E-state index >= 15 is 0 Å². The van der Waals surface area contributed by atoms with Gasteiger partial charge in [-0.25, -0.2) is 0 Å². The van der Waals surface area contributed by atoms with Crippen LogP contribution in [0.4, 0.5) is 0 Å². The van der Waals surface area contributed by atoms with Crippen molar-refractivity contribution in [2.45, 2.75) is 0 Å². The summed E-state index contributed by atoms with van der Waals surface area (Å²) in [6, 6.07) is 10.9. The second kappa shape index (κ2) is 4.24. The molecule has 0 saturated heterocycles. The molecule has 3 heteroatoms. The van der Waals surface area contributed by atoms with Gasteiger partial charge in [-0.3, -0.25) is 4.98 Å². The number of hydrogen-bond acceptors (Lipinski definition) is 1. The molecule has 0 aliphatic rings. The van der Waals surface area contributed by atoms with E-state index in [1.807, 2.05) is 30.5 Å². The summed E-state index contributed by atoms with van der Waals surface area (Å²) in [5.74, 6) is 0. The predicted molar refractivity (Wildman–Crippen MR) is 63.9 cm³/mol. The van der Waals surface area contributed by atoms with Crippen LogP contribution in [0.1, 0.15) is 0 Å². The summed E-state index contributed by atoms with van der Waals surface area (Å²) in [5, 5.41) is 0. The summed E-state index contributed by atoms with van der Waals surface area (Å²) in [4.78, 5) is 4.05. The van der Waals surface area contributed by atoms with Gasteiger partial charge in [0.2, 0.25) is 0 Å². The van der Waals surface area contributed by atoms with Gasteiger partial charge in [-0.05, 0) is 18.2 Å². The van der Waals surface area contributed by atoms with E-state index < -0.39 is 0 Å². The fourth-order valence-electron chi connectivity index (χ4n) is 1.24. The van der Waals surface area contributed by atoms with Gasteiger partial charge in [-0.2, -0.15) is 0 Å². The zero-order valence-electron chi connectivity index (χ0n) is 7.17. The van der Waals surface area contributed by atoms with Crippen LogP contribution < -0.4 is 0 Å². The second-order valence-electron chi connectivity index (χ2n) is 2.77. The number of rotatable bonds is 1. The van der Waals surface area contributed by atoms with Crippen LogP contribution >= 0.6 is 31.9 Å². The lowest BCUT2D eigenvalue weighted by Crippen LogP contribution is -1.82. The number of halogens is 2. The number of benzene rings is 1. The van der Waals surface area contributed by atoms with Crippen molar-refractivity contribution in [2.75, 3.05) is 0 Å². The van der Waals surface area contributed by atoms with Gasteiger partial charge >= 0.3 is 0 Å². The first-order valence-corrected chi connectivity index (χ1v) is 5.63. The number of nitrogens with zero attached hydrogens (tertiary/aromatic N) is 1. The molecule has 14 heavy (non-hydrogen) atoms. The van der Waals surface area contributed by atoms with Crippen molar-refractivity contribution >= 4 is 31.9 Å². The Balaban J connectivity index is 2.63. The third-order valence-corrected chi connectivity index (χ3v) is 3.17. The van der Waals surface area contributed by atoms with Crippen LogP contribution in [0.15, 0.2) is 45.6 Å². The Morgan fingerprint density at radius 3 is 2.43 bits per heavy atom. The summed E-state index contributed by atoms with van der Waals surface area (Å²) in [6.07, 6.45) is 3.47. The average molecular weight is 312 g/mol. The molecular formula is C11H6Br2N. The number of pyridine rings is 1. The maximum Gasteiger partial charge on any atom is 0.0347 e. The molecule has 1 aromatic carbocycles. The Morgan fingerprint density at radius 1 is 1.14 bits per heavy atom. The Hall–Kier alpha value is -0.670.